The second-order valence-electron chi connectivity index (χ2n) is 8.89. The molecule has 10 heteroatoms. The molecular formula is C29H33NO9. The second-order valence-corrected chi connectivity index (χ2v) is 8.89. The quantitative estimate of drug-likeness (QED) is 0.220. The Morgan fingerprint density at radius 2 is 1.77 bits per heavy atom. The van der Waals surface area contributed by atoms with E-state index in [0.29, 0.717) is 49.4 Å². The largest absolute Gasteiger partial charge is 0.506 e. The number of carbonyl (C=O) groups is 1. The lowest BCUT2D eigenvalue weighted by atomic mass is 9.81. The third kappa shape index (κ3) is 7.04. The van der Waals surface area contributed by atoms with E-state index in [2.05, 4.69) is 5.32 Å². The monoisotopic (exact) mass is 539 g/mol. The molecule has 1 aliphatic heterocycles. The van der Waals surface area contributed by atoms with Crippen LogP contribution in [0.25, 0.3) is 11.0 Å². The van der Waals surface area contributed by atoms with Gasteiger partial charge in [-0.2, -0.15) is 0 Å². The molecule has 4 rings (SSSR count). The number of aromatic hydroxyl groups is 1. The number of para-hydroxylation sites is 3. The van der Waals surface area contributed by atoms with Crippen molar-refractivity contribution in [3.63, 3.8) is 0 Å². The van der Waals surface area contributed by atoms with Crippen LogP contribution in [0, 0.1) is 5.92 Å². The molecule has 0 bridgehead atoms. The third-order valence-electron chi connectivity index (χ3n) is 6.36. The molecule has 0 aliphatic carbocycles. The fourth-order valence-corrected chi connectivity index (χ4v) is 4.49. The number of anilines is 1. The first-order valence-electron chi connectivity index (χ1n) is 12.9. The van der Waals surface area contributed by atoms with Gasteiger partial charge in [0.2, 0.25) is 6.29 Å². The zero-order valence-corrected chi connectivity index (χ0v) is 21.7. The van der Waals surface area contributed by atoms with Gasteiger partial charge in [0.25, 0.3) is 5.91 Å². The lowest BCUT2D eigenvalue weighted by Crippen LogP contribution is -2.39. The first-order chi connectivity index (χ1) is 19.0. The summed E-state index contributed by atoms with van der Waals surface area (Å²) < 4.78 is 28.7. The fraction of sp³-hybridized carbons (Fsp3) is 0.379. The number of allylic oxidation sites excluding steroid dienone is 1. The highest BCUT2D eigenvalue weighted by atomic mass is 16.7. The number of hydrogen-bond donors (Lipinski definition) is 3. The number of amides is 1. The topological polar surface area (TPSA) is 137 Å². The van der Waals surface area contributed by atoms with Gasteiger partial charge in [-0.25, -0.2) is 0 Å². The first-order valence-corrected chi connectivity index (χ1v) is 12.9. The molecule has 1 amide bonds. The van der Waals surface area contributed by atoms with Crippen molar-refractivity contribution in [1.29, 1.82) is 0 Å². The van der Waals surface area contributed by atoms with E-state index in [9.17, 15) is 14.7 Å². The Bertz CT molecular complexity index is 1340. The predicted molar refractivity (Wildman–Crippen MR) is 143 cm³/mol. The second kappa shape index (κ2) is 13.9. The molecular weight excluding hydrogens is 506 g/mol. The molecule has 0 spiro atoms. The molecule has 3 N–H and O–H groups in total. The smallest absolute Gasteiger partial charge is 0.290 e. The van der Waals surface area contributed by atoms with Crippen LogP contribution in [0.3, 0.4) is 0 Å². The van der Waals surface area contributed by atoms with Gasteiger partial charge in [-0.1, -0.05) is 24.3 Å². The normalized spacial score (nSPS) is 18.9. The minimum Gasteiger partial charge on any atom is -0.506 e. The average molecular weight is 540 g/mol. The SMILES string of the molecule is CCO[C@H]1OC(C(=O)Nc2ccccc2O)=C[C@@H](c2coc3ccccc3c2=O)[C@@H]1CCOCCOCCO. The molecule has 2 aromatic carbocycles. The molecule has 0 saturated carbocycles. The Kier molecular flexibility index (Phi) is 10.1. The van der Waals surface area contributed by atoms with Crippen molar-refractivity contribution in [3.05, 3.63) is 82.4 Å². The van der Waals surface area contributed by atoms with Crippen molar-refractivity contribution in [2.75, 3.05) is 45.0 Å². The maximum Gasteiger partial charge on any atom is 0.290 e. The van der Waals surface area contributed by atoms with Crippen LogP contribution < -0.4 is 10.7 Å². The summed E-state index contributed by atoms with van der Waals surface area (Å²) in [6.07, 6.45) is 2.62. The molecule has 39 heavy (non-hydrogen) atoms. The van der Waals surface area contributed by atoms with E-state index in [-0.39, 0.29) is 41.8 Å². The maximum atomic E-state index is 13.6. The number of carbonyl (C=O) groups excluding carboxylic acids is 1. The fourth-order valence-electron chi connectivity index (χ4n) is 4.49. The number of hydrogen-bond acceptors (Lipinski definition) is 9. The summed E-state index contributed by atoms with van der Waals surface area (Å²) in [5.41, 5.74) is 0.842. The molecule has 3 aromatic rings. The van der Waals surface area contributed by atoms with Crippen molar-refractivity contribution in [3.8, 4) is 5.75 Å². The van der Waals surface area contributed by atoms with Crippen molar-refractivity contribution >= 4 is 22.6 Å². The number of nitrogens with one attached hydrogen (secondary N) is 1. The van der Waals surface area contributed by atoms with E-state index in [4.69, 9.17) is 28.5 Å². The van der Waals surface area contributed by atoms with Crippen LogP contribution in [0.4, 0.5) is 5.69 Å². The third-order valence-corrected chi connectivity index (χ3v) is 6.36. The Morgan fingerprint density at radius 3 is 2.54 bits per heavy atom. The summed E-state index contributed by atoms with van der Waals surface area (Å²) in [5.74, 6) is -1.69. The number of fused-ring (bicyclic) bond motifs is 1. The molecule has 0 unspecified atom stereocenters. The Hall–Kier alpha value is -3.70. The summed E-state index contributed by atoms with van der Waals surface area (Å²) in [7, 11) is 0. The number of rotatable bonds is 13. The molecule has 10 nitrogen and oxygen atoms in total. The highest BCUT2D eigenvalue weighted by Gasteiger charge is 2.39. The van der Waals surface area contributed by atoms with Gasteiger partial charge in [0.15, 0.2) is 11.2 Å². The molecule has 1 aliphatic rings. The van der Waals surface area contributed by atoms with Gasteiger partial charge in [-0.05, 0) is 43.7 Å². The van der Waals surface area contributed by atoms with Crippen molar-refractivity contribution in [2.45, 2.75) is 25.6 Å². The van der Waals surface area contributed by atoms with Crippen molar-refractivity contribution < 1.29 is 38.4 Å². The summed E-state index contributed by atoms with van der Waals surface area (Å²) in [6.45, 7) is 3.30. The van der Waals surface area contributed by atoms with Crippen LogP contribution >= 0.6 is 0 Å². The molecule has 1 aromatic heterocycles. The minimum atomic E-state index is -0.852. The maximum absolute atomic E-state index is 13.6. The highest BCUT2D eigenvalue weighted by Crippen LogP contribution is 2.38. The van der Waals surface area contributed by atoms with Gasteiger partial charge in [0.1, 0.15) is 11.3 Å². The number of phenols is 1. The van der Waals surface area contributed by atoms with E-state index in [1.54, 1.807) is 48.5 Å². The van der Waals surface area contributed by atoms with Gasteiger partial charge in [0, 0.05) is 30.6 Å². The molecule has 0 fully saturated rings. The lowest BCUT2D eigenvalue weighted by Gasteiger charge is -2.36. The summed E-state index contributed by atoms with van der Waals surface area (Å²) >= 11 is 0. The highest BCUT2D eigenvalue weighted by molar-refractivity contribution is 6.03. The zero-order chi connectivity index (χ0) is 27.6. The van der Waals surface area contributed by atoms with E-state index in [0.717, 1.165) is 0 Å². The van der Waals surface area contributed by atoms with Gasteiger partial charge in [-0.15, -0.1) is 0 Å². The summed E-state index contributed by atoms with van der Waals surface area (Å²) in [5, 5.41) is 22.0. The van der Waals surface area contributed by atoms with Gasteiger partial charge in [-0.3, -0.25) is 9.59 Å². The van der Waals surface area contributed by atoms with E-state index >= 15 is 0 Å². The van der Waals surface area contributed by atoms with E-state index < -0.39 is 18.1 Å². The predicted octanol–water partition coefficient (Wildman–Crippen LogP) is 3.53. The van der Waals surface area contributed by atoms with Gasteiger partial charge in [0.05, 0.1) is 43.8 Å². The summed E-state index contributed by atoms with van der Waals surface area (Å²) in [4.78, 5) is 26.8. The first kappa shape index (κ1) is 28.3. The van der Waals surface area contributed by atoms with Crippen LogP contribution in [0.1, 0.15) is 24.8 Å². The Morgan fingerprint density at radius 1 is 1.03 bits per heavy atom. The minimum absolute atomic E-state index is 0.0381. The number of ether oxygens (including phenoxy) is 4. The zero-order valence-electron chi connectivity index (χ0n) is 21.7. The van der Waals surface area contributed by atoms with Crippen molar-refractivity contribution in [1.82, 2.24) is 0 Å². The van der Waals surface area contributed by atoms with Crippen molar-refractivity contribution in [2.24, 2.45) is 5.92 Å². The summed E-state index contributed by atoms with van der Waals surface area (Å²) in [6, 6.07) is 13.3. The molecule has 3 atom stereocenters. The van der Waals surface area contributed by atoms with Crippen LogP contribution in [0.15, 0.2) is 75.8 Å². The number of aliphatic hydroxyl groups is 1. The van der Waals surface area contributed by atoms with Crippen LogP contribution in [-0.4, -0.2) is 62.1 Å². The van der Waals surface area contributed by atoms with Gasteiger partial charge >= 0.3 is 0 Å². The standard InChI is InChI=1S/C29H33NO9/c1-2-37-29-19(11-13-35-15-16-36-14-12-31)21(22-18-38-25-10-6-3-7-20(25)27(22)33)17-26(39-29)28(34)30-23-8-4-5-9-24(23)32/h3-10,17-19,21,29,31-32H,2,11-16H2,1H3,(H,30,34)/t19-,21+,29-/m0/s1. The lowest BCUT2D eigenvalue weighted by molar-refractivity contribution is -0.166. The number of benzene rings is 2. The van der Waals surface area contributed by atoms with Crippen LogP contribution in [0.2, 0.25) is 0 Å². The molecule has 0 saturated heterocycles. The Balaban J connectivity index is 1.65. The van der Waals surface area contributed by atoms with Gasteiger partial charge < -0.3 is 38.9 Å². The van der Waals surface area contributed by atoms with Crippen LogP contribution in [-0.2, 0) is 23.7 Å². The average Bonchev–Trinajstić information content (AvgIpc) is 2.95. The molecule has 208 valence electrons. The number of phenolic OH excluding ortho intramolecular Hbond substituents is 1. The van der Waals surface area contributed by atoms with Crippen LogP contribution in [0.5, 0.6) is 5.75 Å². The number of aliphatic hydroxyl groups excluding tert-OH is 1. The molecule has 2 heterocycles. The molecule has 0 radical (unpaired) electrons. The van der Waals surface area contributed by atoms with E-state index in [1.165, 1.54) is 12.3 Å². The van der Waals surface area contributed by atoms with E-state index in [1.807, 2.05) is 6.92 Å². The Labute approximate surface area is 225 Å².